The van der Waals surface area contributed by atoms with Crippen LogP contribution in [-0.4, -0.2) is 11.2 Å². The zero-order chi connectivity index (χ0) is 11.6. The lowest BCUT2D eigenvalue weighted by Crippen LogP contribution is -2.19. The molecule has 0 aromatic carbocycles. The molecule has 0 heterocycles. The van der Waals surface area contributed by atoms with Crippen LogP contribution >= 0.6 is 0 Å². The Morgan fingerprint density at radius 3 is 2.47 bits per heavy atom. The predicted octanol–water partition coefficient (Wildman–Crippen LogP) is 3.55. The van der Waals surface area contributed by atoms with Gasteiger partial charge < -0.3 is 5.11 Å². The summed E-state index contributed by atoms with van der Waals surface area (Å²) in [5.74, 6) is 0.848. The molecule has 0 saturated carbocycles. The molecule has 1 nitrogen and oxygen atoms in total. The molecule has 0 saturated heterocycles. The van der Waals surface area contributed by atoms with Crippen molar-refractivity contribution in [2.24, 2.45) is 17.3 Å². The molecule has 0 aliphatic heterocycles. The standard InChI is InChI=1S/C14H24O/c1-10(12(3)15)6-8-13-9-7-11(2)14(13,4)5/h6-8,10,12-13,15H,9H2,1-5H3/b8-6+/t10?,12?,13-/m0/s1. The van der Waals surface area contributed by atoms with Gasteiger partial charge in [-0.1, -0.05) is 44.6 Å². The summed E-state index contributed by atoms with van der Waals surface area (Å²) in [6, 6.07) is 0. The van der Waals surface area contributed by atoms with E-state index in [9.17, 15) is 5.11 Å². The molecule has 1 N–H and O–H groups in total. The van der Waals surface area contributed by atoms with Gasteiger partial charge in [-0.3, -0.25) is 0 Å². The highest BCUT2D eigenvalue weighted by atomic mass is 16.3. The summed E-state index contributed by atoms with van der Waals surface area (Å²) in [6.07, 6.45) is 7.66. The summed E-state index contributed by atoms with van der Waals surface area (Å²) >= 11 is 0. The minimum Gasteiger partial charge on any atom is -0.393 e. The second kappa shape index (κ2) is 4.52. The van der Waals surface area contributed by atoms with Crippen molar-refractivity contribution in [2.45, 2.75) is 47.1 Å². The highest BCUT2D eigenvalue weighted by Gasteiger charge is 2.32. The molecule has 1 aliphatic carbocycles. The fourth-order valence-corrected chi connectivity index (χ4v) is 1.94. The Kier molecular flexibility index (Phi) is 3.77. The van der Waals surface area contributed by atoms with E-state index in [0.717, 1.165) is 6.42 Å². The Labute approximate surface area is 93.9 Å². The van der Waals surface area contributed by atoms with Gasteiger partial charge in [0.15, 0.2) is 0 Å². The molecule has 0 fully saturated rings. The zero-order valence-electron chi connectivity index (χ0n) is 10.6. The van der Waals surface area contributed by atoms with Gasteiger partial charge in [0.25, 0.3) is 0 Å². The van der Waals surface area contributed by atoms with Crippen molar-refractivity contribution in [1.82, 2.24) is 0 Å². The van der Waals surface area contributed by atoms with Crippen molar-refractivity contribution in [3.63, 3.8) is 0 Å². The molecule has 15 heavy (non-hydrogen) atoms. The number of aliphatic hydroxyl groups is 1. The largest absolute Gasteiger partial charge is 0.393 e. The molecule has 0 spiro atoms. The summed E-state index contributed by atoms with van der Waals surface area (Å²) in [5.41, 5.74) is 1.77. The van der Waals surface area contributed by atoms with Gasteiger partial charge in [-0.25, -0.2) is 0 Å². The van der Waals surface area contributed by atoms with E-state index in [2.05, 4.69) is 45.9 Å². The van der Waals surface area contributed by atoms with Crippen LogP contribution in [0.3, 0.4) is 0 Å². The van der Waals surface area contributed by atoms with Gasteiger partial charge >= 0.3 is 0 Å². The van der Waals surface area contributed by atoms with Gasteiger partial charge in [-0.15, -0.1) is 0 Å². The Morgan fingerprint density at radius 1 is 1.47 bits per heavy atom. The van der Waals surface area contributed by atoms with Crippen LogP contribution in [0.4, 0.5) is 0 Å². The van der Waals surface area contributed by atoms with Crippen LogP contribution in [0.5, 0.6) is 0 Å². The summed E-state index contributed by atoms with van der Waals surface area (Å²) in [4.78, 5) is 0. The van der Waals surface area contributed by atoms with Crippen LogP contribution in [0.1, 0.15) is 41.0 Å². The lowest BCUT2D eigenvalue weighted by atomic mass is 9.77. The van der Waals surface area contributed by atoms with Gasteiger partial charge in [0, 0.05) is 0 Å². The summed E-state index contributed by atoms with van der Waals surface area (Å²) in [6.45, 7) is 10.7. The average Bonchev–Trinajstić information content (AvgIpc) is 2.39. The van der Waals surface area contributed by atoms with Crippen LogP contribution in [0, 0.1) is 17.3 Å². The summed E-state index contributed by atoms with van der Waals surface area (Å²) in [5, 5.41) is 9.41. The molecule has 1 rings (SSSR count). The van der Waals surface area contributed by atoms with Crippen molar-refractivity contribution in [3.05, 3.63) is 23.8 Å². The smallest absolute Gasteiger partial charge is 0.0572 e. The minimum atomic E-state index is -0.250. The van der Waals surface area contributed by atoms with Crippen molar-refractivity contribution in [2.75, 3.05) is 0 Å². The molecular weight excluding hydrogens is 184 g/mol. The van der Waals surface area contributed by atoms with Gasteiger partial charge in [0.2, 0.25) is 0 Å². The van der Waals surface area contributed by atoms with Gasteiger partial charge in [-0.05, 0) is 37.5 Å². The molecular formula is C14H24O. The highest BCUT2D eigenvalue weighted by molar-refractivity contribution is 5.22. The Hall–Kier alpha value is -0.560. The lowest BCUT2D eigenvalue weighted by Gasteiger charge is -2.27. The van der Waals surface area contributed by atoms with E-state index < -0.39 is 0 Å². The number of aliphatic hydroxyl groups excluding tert-OH is 1. The average molecular weight is 208 g/mol. The van der Waals surface area contributed by atoms with E-state index in [4.69, 9.17) is 0 Å². The first kappa shape index (κ1) is 12.5. The van der Waals surface area contributed by atoms with Crippen LogP contribution in [0.2, 0.25) is 0 Å². The normalized spacial score (nSPS) is 29.2. The zero-order valence-corrected chi connectivity index (χ0v) is 10.6. The Bertz CT molecular complexity index is 271. The van der Waals surface area contributed by atoms with Crippen molar-refractivity contribution in [3.8, 4) is 0 Å². The van der Waals surface area contributed by atoms with Crippen LogP contribution in [0.15, 0.2) is 23.8 Å². The summed E-state index contributed by atoms with van der Waals surface area (Å²) < 4.78 is 0. The molecule has 0 amide bonds. The number of allylic oxidation sites excluding steroid dienone is 3. The van der Waals surface area contributed by atoms with Gasteiger partial charge in [0.1, 0.15) is 0 Å². The summed E-state index contributed by atoms with van der Waals surface area (Å²) in [7, 11) is 0. The maximum atomic E-state index is 9.41. The monoisotopic (exact) mass is 208 g/mol. The molecule has 0 aromatic heterocycles. The van der Waals surface area contributed by atoms with Crippen molar-refractivity contribution >= 4 is 0 Å². The third kappa shape index (κ3) is 2.72. The molecule has 1 heteroatoms. The van der Waals surface area contributed by atoms with E-state index in [-0.39, 0.29) is 17.4 Å². The third-order valence-electron chi connectivity index (χ3n) is 4.03. The van der Waals surface area contributed by atoms with E-state index in [1.54, 1.807) is 0 Å². The Morgan fingerprint density at radius 2 is 2.07 bits per heavy atom. The van der Waals surface area contributed by atoms with Gasteiger partial charge in [0.05, 0.1) is 6.10 Å². The fourth-order valence-electron chi connectivity index (χ4n) is 1.94. The van der Waals surface area contributed by atoms with E-state index in [1.165, 1.54) is 5.57 Å². The molecule has 0 bridgehead atoms. The first-order chi connectivity index (χ1) is 6.85. The molecule has 86 valence electrons. The van der Waals surface area contributed by atoms with E-state index in [0.29, 0.717) is 5.92 Å². The Balaban J connectivity index is 2.62. The quantitative estimate of drug-likeness (QED) is 0.703. The molecule has 2 unspecified atom stereocenters. The van der Waals surface area contributed by atoms with Crippen molar-refractivity contribution in [1.29, 1.82) is 0 Å². The van der Waals surface area contributed by atoms with Gasteiger partial charge in [-0.2, -0.15) is 0 Å². The third-order valence-corrected chi connectivity index (χ3v) is 4.03. The number of rotatable bonds is 3. The van der Waals surface area contributed by atoms with E-state index >= 15 is 0 Å². The fraction of sp³-hybridized carbons (Fsp3) is 0.714. The first-order valence-corrected chi connectivity index (χ1v) is 5.89. The molecule has 0 aromatic rings. The van der Waals surface area contributed by atoms with Crippen molar-refractivity contribution < 1.29 is 5.11 Å². The lowest BCUT2D eigenvalue weighted by molar-refractivity contribution is 0.156. The second-order valence-electron chi connectivity index (χ2n) is 5.44. The van der Waals surface area contributed by atoms with Crippen LogP contribution in [-0.2, 0) is 0 Å². The SMILES string of the molecule is CC1=CC[C@H](/C=C/C(C)C(C)O)C1(C)C. The van der Waals surface area contributed by atoms with E-state index in [1.807, 2.05) is 6.92 Å². The number of hydrogen-bond acceptors (Lipinski definition) is 1. The van der Waals surface area contributed by atoms with Crippen LogP contribution < -0.4 is 0 Å². The van der Waals surface area contributed by atoms with Crippen LogP contribution in [0.25, 0.3) is 0 Å². The maximum Gasteiger partial charge on any atom is 0.0572 e. The second-order valence-corrected chi connectivity index (χ2v) is 5.44. The topological polar surface area (TPSA) is 20.2 Å². The molecule has 1 aliphatic rings. The molecule has 3 atom stereocenters. The highest BCUT2D eigenvalue weighted by Crippen LogP contribution is 2.43. The molecule has 0 radical (unpaired) electrons. The maximum absolute atomic E-state index is 9.41. The first-order valence-electron chi connectivity index (χ1n) is 5.89. The minimum absolute atomic E-state index is 0.250. The predicted molar refractivity (Wildman–Crippen MR) is 65.6 cm³/mol. The number of hydrogen-bond donors (Lipinski definition) is 1.